The zero-order valence-electron chi connectivity index (χ0n) is 10.3. The van der Waals surface area contributed by atoms with Gasteiger partial charge in [-0.25, -0.2) is 0 Å². The number of amides is 1. The van der Waals surface area contributed by atoms with Gasteiger partial charge in [0.15, 0.2) is 5.12 Å². The summed E-state index contributed by atoms with van der Waals surface area (Å²) in [7, 11) is 0. The Kier molecular flexibility index (Phi) is 3.61. The lowest BCUT2D eigenvalue weighted by atomic mass is 10.2. The molecule has 1 saturated heterocycles. The van der Waals surface area contributed by atoms with Gasteiger partial charge >= 0.3 is 0 Å². The van der Waals surface area contributed by atoms with Crippen LogP contribution in [0.1, 0.15) is 18.9 Å². The van der Waals surface area contributed by atoms with Gasteiger partial charge in [-0.2, -0.15) is 0 Å². The lowest BCUT2D eigenvalue weighted by molar-refractivity contribution is -0.117. The van der Waals surface area contributed by atoms with Gasteiger partial charge in [-0.05, 0) is 18.6 Å². The standard InChI is InChI=1S/C13H15NO3S/c1-8-4-3-5-11(13(8)17)14-7-10(6-12(14)16)18-9(2)15/h3-5,10,17H,6-7H2,1-2H3. The third kappa shape index (κ3) is 2.51. The Labute approximate surface area is 110 Å². The van der Waals surface area contributed by atoms with E-state index in [0.717, 1.165) is 5.56 Å². The third-order valence-corrected chi connectivity index (χ3v) is 3.91. The Morgan fingerprint density at radius 3 is 2.89 bits per heavy atom. The highest BCUT2D eigenvalue weighted by Crippen LogP contribution is 2.35. The minimum atomic E-state index is -0.0466. The molecule has 1 amide bonds. The summed E-state index contributed by atoms with van der Waals surface area (Å²) >= 11 is 1.19. The van der Waals surface area contributed by atoms with Crippen molar-refractivity contribution in [1.29, 1.82) is 0 Å². The minimum absolute atomic E-state index is 0.0168. The number of carbonyl (C=O) groups excluding carboxylic acids is 2. The van der Waals surface area contributed by atoms with Crippen molar-refractivity contribution in [2.24, 2.45) is 0 Å². The molecule has 0 aliphatic carbocycles. The van der Waals surface area contributed by atoms with Gasteiger partial charge in [-0.15, -0.1) is 0 Å². The van der Waals surface area contributed by atoms with Crippen LogP contribution in [0.15, 0.2) is 18.2 Å². The van der Waals surface area contributed by atoms with Crippen molar-refractivity contribution >= 4 is 28.5 Å². The molecule has 1 fully saturated rings. The number of nitrogens with zero attached hydrogens (tertiary/aromatic N) is 1. The number of phenols is 1. The van der Waals surface area contributed by atoms with Crippen LogP contribution in [-0.2, 0) is 9.59 Å². The van der Waals surface area contributed by atoms with Crippen LogP contribution in [0.25, 0.3) is 0 Å². The summed E-state index contributed by atoms with van der Waals surface area (Å²) in [5.41, 5.74) is 1.27. The maximum atomic E-state index is 11.9. The molecule has 0 spiro atoms. The summed E-state index contributed by atoms with van der Waals surface area (Å²) < 4.78 is 0. The second-order valence-electron chi connectivity index (χ2n) is 4.38. The number of thioether (sulfide) groups is 1. The molecule has 0 saturated carbocycles. The normalized spacial score (nSPS) is 19.3. The van der Waals surface area contributed by atoms with E-state index in [4.69, 9.17) is 0 Å². The second-order valence-corrected chi connectivity index (χ2v) is 5.86. The highest BCUT2D eigenvalue weighted by Gasteiger charge is 2.33. The van der Waals surface area contributed by atoms with E-state index in [1.165, 1.54) is 18.7 Å². The smallest absolute Gasteiger partial charge is 0.228 e. The fourth-order valence-corrected chi connectivity index (χ4v) is 3.00. The Bertz CT molecular complexity index is 501. The predicted octanol–water partition coefficient (Wildman–Crippen LogP) is 2.09. The van der Waals surface area contributed by atoms with Gasteiger partial charge in [-0.3, -0.25) is 9.59 Å². The van der Waals surface area contributed by atoms with Gasteiger partial charge < -0.3 is 10.0 Å². The lowest BCUT2D eigenvalue weighted by Crippen LogP contribution is -2.25. The zero-order chi connectivity index (χ0) is 13.3. The maximum absolute atomic E-state index is 11.9. The number of phenolic OH excluding ortho intramolecular Hbond substituents is 1. The van der Waals surface area contributed by atoms with E-state index in [2.05, 4.69) is 0 Å². The van der Waals surface area contributed by atoms with Crippen LogP contribution < -0.4 is 4.90 Å². The summed E-state index contributed by atoms with van der Waals surface area (Å²) in [4.78, 5) is 24.5. The van der Waals surface area contributed by atoms with Crippen molar-refractivity contribution < 1.29 is 14.7 Å². The first kappa shape index (κ1) is 13.0. The van der Waals surface area contributed by atoms with Crippen LogP contribution >= 0.6 is 11.8 Å². The number of carbonyl (C=O) groups is 2. The number of anilines is 1. The molecule has 1 atom stereocenters. The first-order valence-electron chi connectivity index (χ1n) is 5.75. The van der Waals surface area contributed by atoms with E-state index >= 15 is 0 Å². The topological polar surface area (TPSA) is 57.6 Å². The monoisotopic (exact) mass is 265 g/mol. The van der Waals surface area contributed by atoms with Crippen molar-refractivity contribution in [1.82, 2.24) is 0 Å². The molecule has 0 bridgehead atoms. The van der Waals surface area contributed by atoms with Crippen molar-refractivity contribution in [2.45, 2.75) is 25.5 Å². The summed E-state index contributed by atoms with van der Waals surface area (Å²) in [6, 6.07) is 5.32. The van der Waals surface area contributed by atoms with Gasteiger partial charge in [-0.1, -0.05) is 23.9 Å². The second kappa shape index (κ2) is 5.02. The van der Waals surface area contributed by atoms with Crippen LogP contribution in [0.4, 0.5) is 5.69 Å². The van der Waals surface area contributed by atoms with Crippen LogP contribution in [0.2, 0.25) is 0 Å². The van der Waals surface area contributed by atoms with Gasteiger partial charge in [0.25, 0.3) is 0 Å². The Hall–Kier alpha value is -1.49. The molecule has 1 heterocycles. The largest absolute Gasteiger partial charge is 0.505 e. The molecule has 4 nitrogen and oxygen atoms in total. The molecule has 0 radical (unpaired) electrons. The number of hydrogen-bond donors (Lipinski definition) is 1. The SMILES string of the molecule is CC(=O)SC1CC(=O)N(c2cccc(C)c2O)C1. The molecule has 1 unspecified atom stereocenters. The van der Waals surface area contributed by atoms with Crippen molar-refractivity contribution in [3.05, 3.63) is 23.8 Å². The van der Waals surface area contributed by atoms with Gasteiger partial charge in [0.2, 0.25) is 5.91 Å². The van der Waals surface area contributed by atoms with E-state index in [9.17, 15) is 14.7 Å². The molecule has 1 N–H and O–H groups in total. The fraction of sp³-hybridized carbons (Fsp3) is 0.385. The first-order chi connectivity index (χ1) is 8.49. The molecule has 0 aromatic heterocycles. The van der Waals surface area contributed by atoms with Crippen molar-refractivity contribution in [3.8, 4) is 5.75 Å². The molecule has 96 valence electrons. The van der Waals surface area contributed by atoms with E-state index < -0.39 is 0 Å². The molecule has 2 rings (SSSR count). The van der Waals surface area contributed by atoms with E-state index in [-0.39, 0.29) is 22.0 Å². The zero-order valence-corrected chi connectivity index (χ0v) is 11.2. The van der Waals surface area contributed by atoms with Gasteiger partial charge in [0.05, 0.1) is 5.69 Å². The number of hydrogen-bond acceptors (Lipinski definition) is 4. The molecule has 18 heavy (non-hydrogen) atoms. The average molecular weight is 265 g/mol. The summed E-state index contributed by atoms with van der Waals surface area (Å²) in [6.45, 7) is 3.77. The molecule has 1 aromatic rings. The Morgan fingerprint density at radius 1 is 1.50 bits per heavy atom. The molecule has 1 aromatic carbocycles. The molecular weight excluding hydrogens is 250 g/mol. The number of aryl methyl sites for hydroxylation is 1. The highest BCUT2D eigenvalue weighted by atomic mass is 32.2. The quantitative estimate of drug-likeness (QED) is 0.889. The number of rotatable bonds is 2. The Balaban J connectivity index is 2.22. The predicted molar refractivity (Wildman–Crippen MR) is 71.9 cm³/mol. The average Bonchev–Trinajstić information content (AvgIpc) is 2.62. The number of aromatic hydroxyl groups is 1. The minimum Gasteiger partial charge on any atom is -0.505 e. The maximum Gasteiger partial charge on any atom is 0.228 e. The van der Waals surface area contributed by atoms with E-state index in [0.29, 0.717) is 18.7 Å². The summed E-state index contributed by atoms with van der Waals surface area (Å²) in [5.74, 6) is 0.0916. The number of para-hydroxylation sites is 1. The molecule has 5 heteroatoms. The van der Waals surface area contributed by atoms with Crippen molar-refractivity contribution in [2.75, 3.05) is 11.4 Å². The highest BCUT2D eigenvalue weighted by molar-refractivity contribution is 8.14. The first-order valence-corrected chi connectivity index (χ1v) is 6.63. The summed E-state index contributed by atoms with van der Waals surface area (Å²) in [6.07, 6.45) is 0.345. The van der Waals surface area contributed by atoms with Crippen molar-refractivity contribution in [3.63, 3.8) is 0 Å². The molecule has 1 aliphatic rings. The fourth-order valence-electron chi connectivity index (χ4n) is 2.08. The summed E-state index contributed by atoms with van der Waals surface area (Å²) in [5, 5.41) is 9.97. The molecular formula is C13H15NO3S. The van der Waals surface area contributed by atoms with Crippen LogP contribution in [-0.4, -0.2) is 27.9 Å². The Morgan fingerprint density at radius 2 is 2.22 bits per heavy atom. The van der Waals surface area contributed by atoms with E-state index in [1.54, 1.807) is 24.0 Å². The number of benzene rings is 1. The van der Waals surface area contributed by atoms with E-state index in [1.807, 2.05) is 6.07 Å². The van der Waals surface area contributed by atoms with Crippen LogP contribution in [0.3, 0.4) is 0 Å². The third-order valence-electron chi connectivity index (χ3n) is 2.93. The van der Waals surface area contributed by atoms with Crippen LogP contribution in [0, 0.1) is 6.92 Å². The van der Waals surface area contributed by atoms with Gasteiger partial charge in [0.1, 0.15) is 5.75 Å². The van der Waals surface area contributed by atoms with Crippen LogP contribution in [0.5, 0.6) is 5.75 Å². The lowest BCUT2D eigenvalue weighted by Gasteiger charge is -2.18. The molecule has 1 aliphatic heterocycles. The van der Waals surface area contributed by atoms with Gasteiger partial charge in [0, 0.05) is 25.1 Å².